The number of hydrogen-bond acceptors (Lipinski definition) is 5. The minimum atomic E-state index is -3.49. The Morgan fingerprint density at radius 3 is 2.44 bits per heavy atom. The normalized spacial score (nSPS) is 14.4. The van der Waals surface area contributed by atoms with Gasteiger partial charge < -0.3 is 5.11 Å². The van der Waals surface area contributed by atoms with Gasteiger partial charge in [-0.2, -0.15) is 0 Å². The van der Waals surface area contributed by atoms with E-state index in [-0.39, 0.29) is 5.69 Å². The Morgan fingerprint density at radius 1 is 1.50 bits per heavy atom. The molecule has 1 heterocycles. The van der Waals surface area contributed by atoms with Crippen LogP contribution in [0.1, 0.15) is 49.2 Å². The van der Waals surface area contributed by atoms with Gasteiger partial charge >= 0.3 is 5.97 Å². The standard InChI is InChI=1S/C10H16N2O4S2/c1-6(12-18(15,16)10(2,3)4)8-11-7(5-17-8)9(13)14/h5-6,12H,1-4H3,(H,13,14). The summed E-state index contributed by atoms with van der Waals surface area (Å²) in [6.07, 6.45) is 0. The third kappa shape index (κ3) is 3.27. The molecule has 8 heteroatoms. The van der Waals surface area contributed by atoms with Crippen LogP contribution in [0.4, 0.5) is 0 Å². The van der Waals surface area contributed by atoms with Crippen molar-refractivity contribution in [2.75, 3.05) is 0 Å². The van der Waals surface area contributed by atoms with Crippen LogP contribution in [-0.2, 0) is 10.0 Å². The third-order valence-electron chi connectivity index (χ3n) is 2.25. The molecule has 0 aliphatic heterocycles. The molecule has 0 radical (unpaired) electrons. The number of nitrogens with zero attached hydrogens (tertiary/aromatic N) is 1. The lowest BCUT2D eigenvalue weighted by molar-refractivity contribution is 0.0691. The van der Waals surface area contributed by atoms with E-state index in [2.05, 4.69) is 9.71 Å². The number of hydrogen-bond donors (Lipinski definition) is 2. The number of aromatic nitrogens is 1. The van der Waals surface area contributed by atoms with Gasteiger partial charge in [0, 0.05) is 5.38 Å². The van der Waals surface area contributed by atoms with Gasteiger partial charge in [-0.1, -0.05) is 0 Å². The molecule has 6 nitrogen and oxygen atoms in total. The van der Waals surface area contributed by atoms with E-state index >= 15 is 0 Å². The zero-order valence-electron chi connectivity index (χ0n) is 10.6. The number of sulfonamides is 1. The minimum Gasteiger partial charge on any atom is -0.476 e. The van der Waals surface area contributed by atoms with E-state index in [1.165, 1.54) is 5.38 Å². The molecule has 0 saturated carbocycles. The summed E-state index contributed by atoms with van der Waals surface area (Å²) in [4.78, 5) is 14.6. The number of aromatic carboxylic acids is 1. The molecule has 0 aliphatic rings. The first-order valence-electron chi connectivity index (χ1n) is 5.25. The van der Waals surface area contributed by atoms with Crippen molar-refractivity contribution < 1.29 is 18.3 Å². The van der Waals surface area contributed by atoms with Crippen LogP contribution in [0.25, 0.3) is 0 Å². The van der Waals surface area contributed by atoms with Crippen molar-refractivity contribution >= 4 is 27.3 Å². The molecule has 0 saturated heterocycles. The van der Waals surface area contributed by atoms with Crippen molar-refractivity contribution in [3.63, 3.8) is 0 Å². The number of thiazole rings is 1. The van der Waals surface area contributed by atoms with E-state index in [1.54, 1.807) is 27.7 Å². The SMILES string of the molecule is CC(NS(=O)(=O)C(C)(C)C)c1nc(C(=O)O)cs1. The maximum absolute atomic E-state index is 11.9. The zero-order valence-corrected chi connectivity index (χ0v) is 12.2. The van der Waals surface area contributed by atoms with Crippen LogP contribution < -0.4 is 4.72 Å². The molecule has 1 aromatic heterocycles. The summed E-state index contributed by atoms with van der Waals surface area (Å²) in [6.45, 7) is 6.40. The second-order valence-corrected chi connectivity index (χ2v) is 8.19. The molecule has 2 N–H and O–H groups in total. The highest BCUT2D eigenvalue weighted by molar-refractivity contribution is 7.90. The predicted molar refractivity (Wildman–Crippen MR) is 69.3 cm³/mol. The first kappa shape index (κ1) is 15.1. The van der Waals surface area contributed by atoms with Crippen molar-refractivity contribution in [2.24, 2.45) is 0 Å². The fourth-order valence-corrected chi connectivity index (χ4v) is 2.85. The number of carboxylic acid groups (broad SMARTS) is 1. The summed E-state index contributed by atoms with van der Waals surface area (Å²) < 4.78 is 25.4. The van der Waals surface area contributed by atoms with Gasteiger partial charge in [0.15, 0.2) is 5.69 Å². The van der Waals surface area contributed by atoms with E-state index < -0.39 is 26.8 Å². The third-order valence-corrected chi connectivity index (χ3v) is 5.55. The summed E-state index contributed by atoms with van der Waals surface area (Å²) in [5, 5.41) is 10.6. The molecule has 102 valence electrons. The van der Waals surface area contributed by atoms with Crippen LogP contribution in [0.2, 0.25) is 0 Å². The molecule has 1 atom stereocenters. The topological polar surface area (TPSA) is 96.4 Å². The van der Waals surface area contributed by atoms with Gasteiger partial charge in [-0.25, -0.2) is 22.9 Å². The van der Waals surface area contributed by atoms with Gasteiger partial charge in [-0.15, -0.1) is 11.3 Å². The van der Waals surface area contributed by atoms with Crippen molar-refractivity contribution in [1.29, 1.82) is 0 Å². The first-order valence-corrected chi connectivity index (χ1v) is 7.61. The Hall–Kier alpha value is -0.990. The quantitative estimate of drug-likeness (QED) is 0.879. The van der Waals surface area contributed by atoms with Crippen LogP contribution in [0, 0.1) is 0 Å². The average Bonchev–Trinajstić information content (AvgIpc) is 2.63. The lowest BCUT2D eigenvalue weighted by Gasteiger charge is -2.22. The summed E-state index contributed by atoms with van der Waals surface area (Å²) in [6, 6.07) is -0.549. The van der Waals surface area contributed by atoms with Gasteiger partial charge in [0.05, 0.1) is 10.8 Å². The van der Waals surface area contributed by atoms with Crippen molar-refractivity contribution in [2.45, 2.75) is 38.5 Å². The minimum absolute atomic E-state index is 0.0724. The molecule has 0 spiro atoms. The molecule has 0 amide bonds. The average molecular weight is 292 g/mol. The number of carbonyl (C=O) groups is 1. The zero-order chi connectivity index (χ0) is 14.1. The fraction of sp³-hybridized carbons (Fsp3) is 0.600. The van der Waals surface area contributed by atoms with E-state index in [4.69, 9.17) is 5.11 Å². The molecule has 1 unspecified atom stereocenters. The Labute approximate surface area is 110 Å². The lowest BCUT2D eigenvalue weighted by Crippen LogP contribution is -2.40. The second kappa shape index (κ2) is 4.94. The Morgan fingerprint density at radius 2 is 2.06 bits per heavy atom. The second-order valence-electron chi connectivity index (χ2n) is 4.83. The number of nitrogens with one attached hydrogen (secondary N) is 1. The lowest BCUT2D eigenvalue weighted by atomic mass is 10.3. The van der Waals surface area contributed by atoms with E-state index in [1.807, 2.05) is 0 Å². The Bertz CT molecular complexity index is 542. The monoisotopic (exact) mass is 292 g/mol. The number of rotatable bonds is 4. The Kier molecular flexibility index (Phi) is 4.14. The molecule has 0 bridgehead atoms. The van der Waals surface area contributed by atoms with Crippen LogP contribution >= 0.6 is 11.3 Å². The molecular weight excluding hydrogens is 276 g/mol. The van der Waals surface area contributed by atoms with E-state index in [0.717, 1.165) is 11.3 Å². The summed E-state index contributed by atoms with van der Waals surface area (Å²) >= 11 is 1.12. The fourth-order valence-electron chi connectivity index (χ4n) is 1.04. The summed E-state index contributed by atoms with van der Waals surface area (Å²) in [5.74, 6) is -1.12. The van der Waals surface area contributed by atoms with E-state index in [9.17, 15) is 13.2 Å². The predicted octanol–water partition coefficient (Wildman–Crippen LogP) is 1.62. The molecule has 0 aromatic carbocycles. The highest BCUT2D eigenvalue weighted by atomic mass is 32.2. The molecule has 1 rings (SSSR count). The van der Waals surface area contributed by atoms with Gasteiger partial charge in [0.1, 0.15) is 5.01 Å². The summed E-state index contributed by atoms with van der Waals surface area (Å²) in [5.41, 5.74) is -0.0724. The number of carboxylic acids is 1. The first-order chi connectivity index (χ1) is 8.04. The Balaban J connectivity index is 2.89. The highest BCUT2D eigenvalue weighted by Crippen LogP contribution is 2.22. The van der Waals surface area contributed by atoms with Gasteiger partial charge in [0.2, 0.25) is 10.0 Å². The van der Waals surface area contributed by atoms with Gasteiger partial charge in [0.25, 0.3) is 0 Å². The highest BCUT2D eigenvalue weighted by Gasteiger charge is 2.31. The largest absolute Gasteiger partial charge is 0.476 e. The van der Waals surface area contributed by atoms with Crippen LogP contribution in [0.15, 0.2) is 5.38 Å². The van der Waals surface area contributed by atoms with Crippen LogP contribution in [-0.4, -0.2) is 29.2 Å². The molecule has 18 heavy (non-hydrogen) atoms. The molecule has 0 fully saturated rings. The van der Waals surface area contributed by atoms with E-state index in [0.29, 0.717) is 5.01 Å². The maximum Gasteiger partial charge on any atom is 0.355 e. The molecule has 0 aliphatic carbocycles. The van der Waals surface area contributed by atoms with Crippen LogP contribution in [0.3, 0.4) is 0 Å². The summed E-state index contributed by atoms with van der Waals surface area (Å²) in [7, 11) is -3.49. The molecule has 1 aromatic rings. The van der Waals surface area contributed by atoms with Gasteiger partial charge in [-0.05, 0) is 27.7 Å². The molecular formula is C10H16N2O4S2. The maximum atomic E-state index is 11.9. The van der Waals surface area contributed by atoms with Crippen molar-refractivity contribution in [1.82, 2.24) is 9.71 Å². The van der Waals surface area contributed by atoms with Crippen LogP contribution in [0.5, 0.6) is 0 Å². The smallest absolute Gasteiger partial charge is 0.355 e. The van der Waals surface area contributed by atoms with Crippen molar-refractivity contribution in [3.8, 4) is 0 Å². The van der Waals surface area contributed by atoms with Gasteiger partial charge in [-0.3, -0.25) is 0 Å². The van der Waals surface area contributed by atoms with Crippen molar-refractivity contribution in [3.05, 3.63) is 16.1 Å².